The highest BCUT2D eigenvalue weighted by atomic mass is 16.6. The number of carbonyl (C=O) groups excluding carboxylic acids is 1. The Balaban J connectivity index is 1.28. The van der Waals surface area contributed by atoms with E-state index in [0.717, 1.165) is 36.9 Å². The number of aromatic nitrogens is 2. The molecule has 1 N–H and O–H groups in total. The number of hydrogen-bond donors (Lipinski definition) is 1. The maximum atomic E-state index is 12.1. The smallest absolute Gasteiger partial charge is 0.309 e. The fourth-order valence-electron chi connectivity index (χ4n) is 4.11. The van der Waals surface area contributed by atoms with Crippen LogP contribution in [-0.4, -0.2) is 27.8 Å². The van der Waals surface area contributed by atoms with Gasteiger partial charge in [0, 0.05) is 23.7 Å². The maximum Gasteiger partial charge on any atom is 0.309 e. The lowest BCUT2D eigenvalue weighted by atomic mass is 9.80. The van der Waals surface area contributed by atoms with Crippen LogP contribution in [0.15, 0.2) is 53.1 Å². The molecular weight excluding hydrogens is 426 g/mol. The summed E-state index contributed by atoms with van der Waals surface area (Å²) in [4.78, 5) is 16.7. The van der Waals surface area contributed by atoms with Crippen LogP contribution in [-0.2, 0) is 22.5 Å². The molecule has 1 aromatic heterocycles. The summed E-state index contributed by atoms with van der Waals surface area (Å²) in [7, 11) is 0. The summed E-state index contributed by atoms with van der Waals surface area (Å²) in [5, 5.41) is 7.69. The molecule has 1 aliphatic carbocycles. The molecule has 0 unspecified atom stereocenters. The number of carbonyl (C=O) groups is 1. The Hall–Kier alpha value is -2.99. The van der Waals surface area contributed by atoms with Crippen molar-refractivity contribution in [3.63, 3.8) is 0 Å². The van der Waals surface area contributed by atoms with E-state index in [9.17, 15) is 4.79 Å². The van der Waals surface area contributed by atoms with Gasteiger partial charge in [-0.3, -0.25) is 4.79 Å². The van der Waals surface area contributed by atoms with E-state index in [1.54, 1.807) is 0 Å². The van der Waals surface area contributed by atoms with Crippen molar-refractivity contribution in [2.45, 2.75) is 72.1 Å². The van der Waals surface area contributed by atoms with E-state index in [2.05, 4.69) is 53.6 Å². The zero-order chi connectivity index (χ0) is 24.3. The predicted octanol–water partition coefficient (Wildman–Crippen LogP) is 5.81. The van der Waals surface area contributed by atoms with Crippen LogP contribution < -0.4 is 5.32 Å². The van der Waals surface area contributed by atoms with E-state index in [1.165, 1.54) is 11.1 Å². The van der Waals surface area contributed by atoms with Crippen molar-refractivity contribution in [3.05, 3.63) is 59.7 Å². The average Bonchev–Trinajstić information content (AvgIpc) is 3.22. The van der Waals surface area contributed by atoms with Crippen LogP contribution in [0.5, 0.6) is 0 Å². The standard InChI is InChI=1S/C28H35N3O3/c1-18(2)14-19-6-12-22(13-7-19)26-30-25(31-34-26)21-10-8-20(9-11-21)17-29-24-15-23(16-24)27(32)33-28(3,4)5/h6-13,18,23-24,29H,14-17H2,1-5H3/t23-,24+. The van der Waals surface area contributed by atoms with Gasteiger partial charge in [0.15, 0.2) is 0 Å². The molecule has 0 aliphatic heterocycles. The van der Waals surface area contributed by atoms with Crippen LogP contribution in [0.4, 0.5) is 0 Å². The van der Waals surface area contributed by atoms with Crippen molar-refractivity contribution < 1.29 is 14.1 Å². The van der Waals surface area contributed by atoms with Crippen LogP contribution in [0.1, 0.15) is 58.6 Å². The molecule has 6 nitrogen and oxygen atoms in total. The number of ether oxygens (including phenoxy) is 1. The summed E-state index contributed by atoms with van der Waals surface area (Å²) in [5.41, 5.74) is 3.91. The highest BCUT2D eigenvalue weighted by Gasteiger charge is 2.36. The van der Waals surface area contributed by atoms with Gasteiger partial charge in [-0.05, 0) is 69.2 Å². The first-order valence-electron chi connectivity index (χ1n) is 12.1. The zero-order valence-corrected chi connectivity index (χ0v) is 20.8. The van der Waals surface area contributed by atoms with Gasteiger partial charge in [-0.15, -0.1) is 0 Å². The first kappa shape index (κ1) is 24.1. The number of benzene rings is 2. The average molecular weight is 462 g/mol. The van der Waals surface area contributed by atoms with Crippen molar-refractivity contribution in [3.8, 4) is 22.8 Å². The molecule has 2 aromatic carbocycles. The van der Waals surface area contributed by atoms with Crippen molar-refractivity contribution in [1.29, 1.82) is 0 Å². The van der Waals surface area contributed by atoms with Crippen molar-refractivity contribution >= 4 is 5.97 Å². The lowest BCUT2D eigenvalue weighted by Gasteiger charge is -2.36. The second-order valence-corrected chi connectivity index (χ2v) is 10.7. The van der Waals surface area contributed by atoms with Gasteiger partial charge in [0.05, 0.1) is 5.92 Å². The summed E-state index contributed by atoms with van der Waals surface area (Å²) in [5.74, 6) is 1.67. The molecule has 0 atom stereocenters. The van der Waals surface area contributed by atoms with Gasteiger partial charge in [-0.25, -0.2) is 0 Å². The van der Waals surface area contributed by atoms with Crippen LogP contribution >= 0.6 is 0 Å². The van der Waals surface area contributed by atoms with Gasteiger partial charge in [0.2, 0.25) is 5.82 Å². The Morgan fingerprint density at radius 1 is 1.03 bits per heavy atom. The van der Waals surface area contributed by atoms with Gasteiger partial charge in [0.25, 0.3) is 5.89 Å². The highest BCUT2D eigenvalue weighted by Crippen LogP contribution is 2.30. The van der Waals surface area contributed by atoms with Crippen molar-refractivity contribution in [2.24, 2.45) is 11.8 Å². The second-order valence-electron chi connectivity index (χ2n) is 10.7. The first-order chi connectivity index (χ1) is 16.2. The third kappa shape index (κ3) is 6.32. The molecule has 3 aromatic rings. The van der Waals surface area contributed by atoms with E-state index in [4.69, 9.17) is 9.26 Å². The van der Waals surface area contributed by atoms with E-state index < -0.39 is 5.60 Å². The fourth-order valence-corrected chi connectivity index (χ4v) is 4.11. The number of hydrogen-bond acceptors (Lipinski definition) is 6. The molecular formula is C28H35N3O3. The number of nitrogens with one attached hydrogen (secondary N) is 1. The van der Waals surface area contributed by atoms with E-state index >= 15 is 0 Å². The third-order valence-electron chi connectivity index (χ3n) is 5.96. The number of nitrogens with zero attached hydrogens (tertiary/aromatic N) is 2. The number of esters is 1. The quantitative estimate of drug-likeness (QED) is 0.427. The highest BCUT2D eigenvalue weighted by molar-refractivity contribution is 5.74. The normalized spacial score (nSPS) is 18.1. The third-order valence-corrected chi connectivity index (χ3v) is 5.96. The minimum Gasteiger partial charge on any atom is -0.460 e. The van der Waals surface area contributed by atoms with Crippen molar-refractivity contribution in [2.75, 3.05) is 0 Å². The second kappa shape index (κ2) is 10.1. The number of rotatable bonds is 8. The van der Waals surface area contributed by atoms with Gasteiger partial charge in [-0.2, -0.15) is 4.98 Å². The molecule has 0 bridgehead atoms. The molecule has 4 rings (SSSR count). The van der Waals surface area contributed by atoms with Crippen LogP contribution in [0, 0.1) is 11.8 Å². The van der Waals surface area contributed by atoms with Crippen LogP contribution in [0.2, 0.25) is 0 Å². The van der Waals surface area contributed by atoms with Gasteiger partial charge in [0.1, 0.15) is 5.60 Å². The topological polar surface area (TPSA) is 77.2 Å². The largest absolute Gasteiger partial charge is 0.460 e. The Labute approximate surface area is 202 Å². The van der Waals surface area contributed by atoms with E-state index in [1.807, 2.05) is 45.0 Å². The molecule has 0 amide bonds. The van der Waals surface area contributed by atoms with Gasteiger partial charge < -0.3 is 14.6 Å². The maximum absolute atomic E-state index is 12.1. The summed E-state index contributed by atoms with van der Waals surface area (Å²) in [6.07, 6.45) is 2.72. The lowest BCUT2D eigenvalue weighted by Crippen LogP contribution is -2.45. The van der Waals surface area contributed by atoms with Gasteiger partial charge in [-0.1, -0.05) is 55.4 Å². The summed E-state index contributed by atoms with van der Waals surface area (Å²) in [6.45, 7) is 10.9. The fraction of sp³-hybridized carbons (Fsp3) is 0.464. The molecule has 0 spiro atoms. The SMILES string of the molecule is CC(C)Cc1ccc(-c2nc(-c3ccc(CN[C@H]4C[C@@H](C(=O)OC(C)(C)C)C4)cc3)no2)cc1. The first-order valence-corrected chi connectivity index (χ1v) is 12.1. The Morgan fingerprint density at radius 2 is 1.65 bits per heavy atom. The molecule has 180 valence electrons. The summed E-state index contributed by atoms with van der Waals surface area (Å²) >= 11 is 0. The minimum absolute atomic E-state index is 0.0120. The molecule has 1 aliphatic rings. The minimum atomic E-state index is -0.422. The van der Waals surface area contributed by atoms with Crippen LogP contribution in [0.3, 0.4) is 0 Å². The van der Waals surface area contributed by atoms with E-state index in [0.29, 0.717) is 23.7 Å². The molecule has 34 heavy (non-hydrogen) atoms. The molecule has 1 saturated carbocycles. The Morgan fingerprint density at radius 3 is 2.26 bits per heavy atom. The Bertz CT molecular complexity index is 1090. The molecule has 1 heterocycles. The monoisotopic (exact) mass is 461 g/mol. The van der Waals surface area contributed by atoms with Crippen molar-refractivity contribution in [1.82, 2.24) is 15.5 Å². The Kier molecular flexibility index (Phi) is 7.17. The molecule has 0 radical (unpaired) electrons. The summed E-state index contributed by atoms with van der Waals surface area (Å²) < 4.78 is 11.0. The molecule has 0 saturated heterocycles. The van der Waals surface area contributed by atoms with Crippen LogP contribution in [0.25, 0.3) is 22.8 Å². The lowest BCUT2D eigenvalue weighted by molar-refractivity contribution is -0.163. The zero-order valence-electron chi connectivity index (χ0n) is 20.8. The summed E-state index contributed by atoms with van der Waals surface area (Å²) in [6, 6.07) is 16.9. The molecule has 1 fully saturated rings. The molecule has 6 heteroatoms. The van der Waals surface area contributed by atoms with Gasteiger partial charge >= 0.3 is 5.97 Å². The predicted molar refractivity (Wildman–Crippen MR) is 133 cm³/mol. The van der Waals surface area contributed by atoms with E-state index in [-0.39, 0.29) is 11.9 Å².